The van der Waals surface area contributed by atoms with Crippen LogP contribution in [0, 0.1) is 0 Å². The number of nitrogens with one attached hydrogen (secondary N) is 1. The number of rotatable bonds is 6. The highest BCUT2D eigenvalue weighted by Gasteiger charge is 2.19. The number of aliphatic carboxylic acids is 1. The molecule has 0 aliphatic carbocycles. The number of benzene rings is 1. The van der Waals surface area contributed by atoms with Gasteiger partial charge in [0.1, 0.15) is 5.75 Å². The van der Waals surface area contributed by atoms with Crippen molar-refractivity contribution in [3.63, 3.8) is 0 Å². The number of carbonyl (C=O) groups excluding carboxylic acids is 1. The maximum Gasteiger partial charge on any atom is 0.334 e. The molecule has 0 aliphatic rings. The normalized spacial score (nSPS) is 13.4. The number of para-hydroxylation sites is 1. The topological polar surface area (TPSA) is 95.9 Å². The van der Waals surface area contributed by atoms with Gasteiger partial charge >= 0.3 is 5.97 Å². The van der Waals surface area contributed by atoms with Crippen LogP contribution in [-0.2, 0) is 9.59 Å². The van der Waals surface area contributed by atoms with Crippen molar-refractivity contribution >= 4 is 23.5 Å². The highest BCUT2D eigenvalue weighted by molar-refractivity contribution is 6.32. The van der Waals surface area contributed by atoms with Crippen LogP contribution < -0.4 is 10.1 Å². The Morgan fingerprint density at radius 3 is 2.63 bits per heavy atom. The number of ether oxygens (including phenoxy) is 1. The maximum atomic E-state index is 11.6. The average Bonchev–Trinajstić information content (AvgIpc) is 2.37. The van der Waals surface area contributed by atoms with E-state index in [9.17, 15) is 9.59 Å². The van der Waals surface area contributed by atoms with Crippen LogP contribution in [0.4, 0.5) is 0 Å². The lowest BCUT2D eigenvalue weighted by Gasteiger charge is -2.16. The van der Waals surface area contributed by atoms with Gasteiger partial charge in [0.05, 0.1) is 11.6 Å². The summed E-state index contributed by atoms with van der Waals surface area (Å²) in [7, 11) is 0. The molecule has 6 nitrogen and oxygen atoms in total. The molecule has 3 N–H and O–H groups in total. The number of amides is 1. The minimum atomic E-state index is -1.64. The first-order valence-electron chi connectivity index (χ1n) is 5.51. The molecule has 1 aromatic rings. The molecule has 104 valence electrons. The van der Waals surface area contributed by atoms with Crippen molar-refractivity contribution < 1.29 is 24.5 Å². The third-order valence-electron chi connectivity index (χ3n) is 2.26. The molecular weight excluding hydrogens is 274 g/mol. The molecule has 0 aliphatic heterocycles. The van der Waals surface area contributed by atoms with Gasteiger partial charge in [0.2, 0.25) is 0 Å². The Bertz CT molecular complexity index is 465. The summed E-state index contributed by atoms with van der Waals surface area (Å²) >= 11 is 5.87. The Hall–Kier alpha value is -1.79. The summed E-state index contributed by atoms with van der Waals surface area (Å²) in [6.45, 7) is 1.11. The summed E-state index contributed by atoms with van der Waals surface area (Å²) < 4.78 is 5.33. The van der Waals surface area contributed by atoms with Crippen LogP contribution in [0.15, 0.2) is 24.3 Å². The number of aliphatic hydroxyl groups is 1. The number of carboxylic acids is 1. The van der Waals surface area contributed by atoms with E-state index in [0.29, 0.717) is 10.8 Å². The van der Waals surface area contributed by atoms with Crippen molar-refractivity contribution in [3.8, 4) is 5.75 Å². The number of carboxylic acid groups (broad SMARTS) is 1. The van der Waals surface area contributed by atoms with Crippen LogP contribution in [0.1, 0.15) is 6.92 Å². The number of aliphatic hydroxyl groups excluding tert-OH is 1. The second-order valence-electron chi connectivity index (χ2n) is 3.79. The zero-order chi connectivity index (χ0) is 14.4. The van der Waals surface area contributed by atoms with Crippen molar-refractivity contribution in [2.24, 2.45) is 0 Å². The first kappa shape index (κ1) is 15.3. The summed E-state index contributed by atoms with van der Waals surface area (Å²) in [4.78, 5) is 22.0. The smallest absolute Gasteiger partial charge is 0.334 e. The van der Waals surface area contributed by atoms with Gasteiger partial charge in [-0.05, 0) is 19.1 Å². The Balaban J connectivity index is 2.50. The molecule has 0 saturated heterocycles. The van der Waals surface area contributed by atoms with Crippen molar-refractivity contribution in [1.29, 1.82) is 0 Å². The monoisotopic (exact) mass is 287 g/mol. The van der Waals surface area contributed by atoms with Gasteiger partial charge in [-0.25, -0.2) is 4.79 Å². The fourth-order valence-electron chi connectivity index (χ4n) is 1.21. The first-order chi connectivity index (χ1) is 8.91. The minimum Gasteiger partial charge on any atom is -0.479 e. The minimum absolute atomic E-state index is 0.352. The zero-order valence-electron chi connectivity index (χ0n) is 10.2. The highest BCUT2D eigenvalue weighted by atomic mass is 35.5. The quantitative estimate of drug-likeness (QED) is 0.715. The standard InChI is InChI=1S/C12H14ClNO5/c1-7(11(16)14-6-9(15)12(17)18)19-10-5-3-2-4-8(10)13/h2-5,7,9,15H,6H2,1H3,(H,14,16)(H,17,18)/t7?,9-/m0/s1. The van der Waals surface area contributed by atoms with E-state index >= 15 is 0 Å². The van der Waals surface area contributed by atoms with Crippen molar-refractivity contribution in [3.05, 3.63) is 29.3 Å². The van der Waals surface area contributed by atoms with Crippen LogP contribution in [0.25, 0.3) is 0 Å². The lowest BCUT2D eigenvalue weighted by Crippen LogP contribution is -2.42. The number of hydrogen-bond acceptors (Lipinski definition) is 4. The van der Waals surface area contributed by atoms with Crippen LogP contribution in [0.3, 0.4) is 0 Å². The summed E-state index contributed by atoms with van der Waals surface area (Å²) in [5, 5.41) is 20.1. The molecule has 1 amide bonds. The van der Waals surface area contributed by atoms with Crippen LogP contribution >= 0.6 is 11.6 Å². The van der Waals surface area contributed by atoms with E-state index in [-0.39, 0.29) is 6.54 Å². The Kier molecular flexibility index (Phi) is 5.59. The van der Waals surface area contributed by atoms with Crippen LogP contribution in [-0.4, -0.2) is 40.8 Å². The van der Waals surface area contributed by atoms with E-state index in [1.807, 2.05) is 0 Å². The molecule has 19 heavy (non-hydrogen) atoms. The van der Waals surface area contributed by atoms with Gasteiger partial charge in [-0.1, -0.05) is 23.7 Å². The van der Waals surface area contributed by atoms with Gasteiger partial charge in [-0.3, -0.25) is 4.79 Å². The van der Waals surface area contributed by atoms with Crippen LogP contribution in [0.2, 0.25) is 5.02 Å². The zero-order valence-corrected chi connectivity index (χ0v) is 10.9. The Morgan fingerprint density at radius 1 is 1.42 bits per heavy atom. The van der Waals surface area contributed by atoms with Crippen LogP contribution in [0.5, 0.6) is 5.75 Å². The van der Waals surface area contributed by atoms with Gasteiger partial charge in [0.25, 0.3) is 5.91 Å². The third-order valence-corrected chi connectivity index (χ3v) is 2.58. The Labute approximate surface area is 114 Å². The van der Waals surface area contributed by atoms with Gasteiger partial charge < -0.3 is 20.3 Å². The molecule has 0 spiro atoms. The lowest BCUT2D eigenvalue weighted by atomic mass is 10.3. The molecule has 1 unspecified atom stereocenters. The largest absolute Gasteiger partial charge is 0.479 e. The molecule has 7 heteroatoms. The molecule has 0 heterocycles. The maximum absolute atomic E-state index is 11.6. The second kappa shape index (κ2) is 6.96. The Morgan fingerprint density at radius 2 is 2.05 bits per heavy atom. The molecule has 2 atom stereocenters. The molecule has 1 rings (SSSR count). The molecule has 0 bridgehead atoms. The third kappa shape index (κ3) is 4.76. The molecule has 0 fully saturated rings. The fourth-order valence-corrected chi connectivity index (χ4v) is 1.39. The van der Waals surface area contributed by atoms with Gasteiger partial charge in [0.15, 0.2) is 12.2 Å². The molecular formula is C12H14ClNO5. The number of halogens is 1. The lowest BCUT2D eigenvalue weighted by molar-refractivity contribution is -0.146. The fraction of sp³-hybridized carbons (Fsp3) is 0.333. The van der Waals surface area contributed by atoms with E-state index in [1.165, 1.54) is 6.92 Å². The average molecular weight is 288 g/mol. The molecule has 0 aromatic heterocycles. The predicted octanol–water partition coefficient (Wildman–Crippen LogP) is 0.669. The van der Waals surface area contributed by atoms with Gasteiger partial charge in [0, 0.05) is 0 Å². The molecule has 0 saturated carbocycles. The summed E-state index contributed by atoms with van der Waals surface area (Å²) in [5.41, 5.74) is 0. The van der Waals surface area contributed by atoms with Gasteiger partial charge in [-0.15, -0.1) is 0 Å². The SMILES string of the molecule is CC(Oc1ccccc1Cl)C(=O)NC[C@H](O)C(=O)O. The summed E-state index contributed by atoms with van der Waals surface area (Å²) in [6, 6.07) is 6.66. The van der Waals surface area contributed by atoms with E-state index < -0.39 is 24.1 Å². The predicted molar refractivity (Wildman–Crippen MR) is 68.2 cm³/mol. The van der Waals surface area contributed by atoms with Crippen molar-refractivity contribution in [2.45, 2.75) is 19.1 Å². The first-order valence-corrected chi connectivity index (χ1v) is 5.89. The highest BCUT2D eigenvalue weighted by Crippen LogP contribution is 2.24. The van der Waals surface area contributed by atoms with Gasteiger partial charge in [-0.2, -0.15) is 0 Å². The van der Waals surface area contributed by atoms with E-state index in [2.05, 4.69) is 5.32 Å². The number of carbonyl (C=O) groups is 2. The van der Waals surface area contributed by atoms with E-state index in [0.717, 1.165) is 0 Å². The summed E-state index contributed by atoms with van der Waals surface area (Å²) in [5.74, 6) is -1.59. The number of hydrogen-bond donors (Lipinski definition) is 3. The van der Waals surface area contributed by atoms with E-state index in [4.69, 9.17) is 26.6 Å². The van der Waals surface area contributed by atoms with E-state index in [1.54, 1.807) is 24.3 Å². The molecule has 0 radical (unpaired) electrons. The second-order valence-corrected chi connectivity index (χ2v) is 4.20. The summed E-state index contributed by atoms with van der Waals surface area (Å²) in [6.07, 6.45) is -2.50. The molecule has 1 aromatic carbocycles. The van der Waals surface area contributed by atoms with Crippen molar-refractivity contribution in [2.75, 3.05) is 6.54 Å². The van der Waals surface area contributed by atoms with Crippen molar-refractivity contribution in [1.82, 2.24) is 5.32 Å².